The molecular weight excluding hydrogens is 222 g/mol. The van der Waals surface area contributed by atoms with Crippen LogP contribution >= 0.6 is 11.6 Å². The Balaban J connectivity index is 2.64. The highest BCUT2D eigenvalue weighted by molar-refractivity contribution is 7.90. The smallest absolute Gasteiger partial charge is 0.211 e. The fraction of sp³-hybridized carbons (Fsp3) is 1.00. The van der Waals surface area contributed by atoms with Crippen molar-refractivity contribution in [2.75, 3.05) is 12.3 Å². The summed E-state index contributed by atoms with van der Waals surface area (Å²) in [5.41, 5.74) is 0. The third-order valence-corrected chi connectivity index (χ3v) is 5.28. The topological polar surface area (TPSA) is 37.4 Å². The van der Waals surface area contributed by atoms with Gasteiger partial charge >= 0.3 is 0 Å². The minimum atomic E-state index is -3.22. The predicted molar refractivity (Wildman–Crippen MR) is 58.8 cm³/mol. The van der Waals surface area contributed by atoms with Crippen molar-refractivity contribution in [3.05, 3.63) is 0 Å². The van der Waals surface area contributed by atoms with E-state index in [0.717, 1.165) is 19.3 Å². The van der Waals surface area contributed by atoms with Gasteiger partial charge < -0.3 is 0 Å². The first-order valence-electron chi connectivity index (χ1n) is 4.99. The summed E-state index contributed by atoms with van der Waals surface area (Å²) in [6.07, 6.45) is 4.27. The van der Waals surface area contributed by atoms with Crippen molar-refractivity contribution in [3.8, 4) is 0 Å². The molecule has 1 aliphatic rings. The molecule has 5 heteroatoms. The molecule has 0 N–H and O–H groups in total. The van der Waals surface area contributed by atoms with Crippen LogP contribution in [0.25, 0.3) is 0 Å². The first-order chi connectivity index (χ1) is 6.47. The lowest BCUT2D eigenvalue weighted by atomic mass is 9.87. The van der Waals surface area contributed by atoms with E-state index in [1.165, 1.54) is 10.7 Å². The van der Waals surface area contributed by atoms with Crippen LogP contribution in [0.3, 0.4) is 0 Å². The molecule has 2 atom stereocenters. The summed E-state index contributed by atoms with van der Waals surface area (Å²) in [7, 11) is -1.58. The van der Waals surface area contributed by atoms with Crippen molar-refractivity contribution >= 4 is 21.6 Å². The van der Waals surface area contributed by atoms with Gasteiger partial charge in [-0.3, -0.25) is 0 Å². The Morgan fingerprint density at radius 3 is 2.57 bits per heavy atom. The number of halogens is 1. The predicted octanol–water partition coefficient (Wildman–Crippen LogP) is 2.02. The molecule has 0 aromatic carbocycles. The van der Waals surface area contributed by atoms with Crippen molar-refractivity contribution in [1.82, 2.24) is 4.31 Å². The maximum Gasteiger partial charge on any atom is 0.228 e. The molecule has 1 aliphatic carbocycles. The maximum atomic E-state index is 11.5. The van der Waals surface area contributed by atoms with Crippen molar-refractivity contribution in [2.24, 2.45) is 5.92 Å². The summed E-state index contributed by atoms with van der Waals surface area (Å²) in [5, 5.41) is -0.311. The zero-order valence-corrected chi connectivity index (χ0v) is 10.3. The van der Waals surface area contributed by atoms with E-state index in [-0.39, 0.29) is 11.3 Å². The van der Waals surface area contributed by atoms with Crippen LogP contribution in [-0.4, -0.2) is 31.0 Å². The molecular formula is C9H18ClNO2S. The average Bonchev–Trinajstić information content (AvgIpc) is 2.16. The van der Waals surface area contributed by atoms with Gasteiger partial charge in [0.25, 0.3) is 0 Å². The van der Waals surface area contributed by atoms with Gasteiger partial charge in [-0.1, -0.05) is 19.8 Å². The minimum absolute atomic E-state index is 0.155. The van der Waals surface area contributed by atoms with Crippen LogP contribution < -0.4 is 0 Å². The monoisotopic (exact) mass is 239 g/mol. The Hall–Kier alpha value is 0.200. The van der Waals surface area contributed by atoms with Crippen molar-refractivity contribution < 1.29 is 8.42 Å². The molecule has 0 aromatic rings. The van der Waals surface area contributed by atoms with Gasteiger partial charge in [-0.25, -0.2) is 12.7 Å². The Kier molecular flexibility index (Phi) is 4.22. The molecule has 0 spiro atoms. The van der Waals surface area contributed by atoms with Crippen molar-refractivity contribution in [1.29, 1.82) is 0 Å². The van der Waals surface area contributed by atoms with Crippen molar-refractivity contribution in [2.45, 2.75) is 38.6 Å². The van der Waals surface area contributed by atoms with Gasteiger partial charge in [0.15, 0.2) is 0 Å². The Labute approximate surface area is 91.5 Å². The quantitative estimate of drug-likeness (QED) is 0.707. The van der Waals surface area contributed by atoms with Gasteiger partial charge in [0.1, 0.15) is 5.21 Å². The molecule has 0 bridgehead atoms. The number of rotatable bonds is 3. The molecule has 0 aliphatic heterocycles. The highest BCUT2D eigenvalue weighted by Gasteiger charge is 2.28. The molecule has 0 aromatic heterocycles. The van der Waals surface area contributed by atoms with Gasteiger partial charge in [-0.05, 0) is 18.8 Å². The lowest BCUT2D eigenvalue weighted by molar-refractivity contribution is 0.240. The van der Waals surface area contributed by atoms with Crippen LogP contribution in [0.2, 0.25) is 0 Å². The van der Waals surface area contributed by atoms with E-state index in [4.69, 9.17) is 11.6 Å². The summed E-state index contributed by atoms with van der Waals surface area (Å²) in [6, 6.07) is 0.155. The third-order valence-electron chi connectivity index (χ3n) is 3.00. The number of hydrogen-bond donors (Lipinski definition) is 0. The zero-order chi connectivity index (χ0) is 10.8. The van der Waals surface area contributed by atoms with Crippen LogP contribution in [0.15, 0.2) is 0 Å². The van der Waals surface area contributed by atoms with Crippen LogP contribution in [-0.2, 0) is 10.0 Å². The largest absolute Gasteiger partial charge is 0.228 e. The van der Waals surface area contributed by atoms with Gasteiger partial charge in [-0.15, -0.1) is 11.6 Å². The highest BCUT2D eigenvalue weighted by Crippen LogP contribution is 2.28. The van der Waals surface area contributed by atoms with E-state index in [0.29, 0.717) is 5.92 Å². The van der Waals surface area contributed by atoms with Crippen LogP contribution in [0.1, 0.15) is 32.6 Å². The van der Waals surface area contributed by atoms with E-state index in [1.54, 1.807) is 7.05 Å². The Morgan fingerprint density at radius 1 is 1.43 bits per heavy atom. The third kappa shape index (κ3) is 2.84. The lowest BCUT2D eigenvalue weighted by Crippen LogP contribution is -2.40. The van der Waals surface area contributed by atoms with E-state index in [2.05, 4.69) is 6.92 Å². The minimum Gasteiger partial charge on any atom is -0.211 e. The van der Waals surface area contributed by atoms with Gasteiger partial charge in [-0.2, -0.15) is 0 Å². The Bertz CT molecular complexity index is 279. The molecule has 84 valence electrons. The summed E-state index contributed by atoms with van der Waals surface area (Å²) in [6.45, 7) is 2.17. The van der Waals surface area contributed by atoms with Crippen LogP contribution in [0.5, 0.6) is 0 Å². The normalized spacial score (nSPS) is 29.4. The number of sulfonamides is 1. The van der Waals surface area contributed by atoms with Gasteiger partial charge in [0.2, 0.25) is 10.0 Å². The number of hydrogen-bond acceptors (Lipinski definition) is 2. The van der Waals surface area contributed by atoms with E-state index in [1.807, 2.05) is 0 Å². The summed E-state index contributed by atoms with van der Waals surface area (Å²) in [5.74, 6) is 0.627. The fourth-order valence-corrected chi connectivity index (χ4v) is 3.30. The van der Waals surface area contributed by atoms with E-state index >= 15 is 0 Å². The average molecular weight is 240 g/mol. The molecule has 0 heterocycles. The highest BCUT2D eigenvalue weighted by atomic mass is 35.5. The van der Waals surface area contributed by atoms with Crippen LogP contribution in [0.4, 0.5) is 0 Å². The lowest BCUT2D eigenvalue weighted by Gasteiger charge is -2.32. The molecule has 1 saturated carbocycles. The van der Waals surface area contributed by atoms with Crippen molar-refractivity contribution in [3.63, 3.8) is 0 Å². The number of nitrogens with zero attached hydrogens (tertiary/aromatic N) is 1. The second-order valence-electron chi connectivity index (χ2n) is 4.16. The standard InChI is InChI=1S/C9H18ClNO2S/c1-8-4-3-5-9(6-8)11(2)14(12,13)7-10/h8-9H,3-7H2,1-2H3. The van der Waals surface area contributed by atoms with Gasteiger partial charge in [0, 0.05) is 13.1 Å². The summed E-state index contributed by atoms with van der Waals surface area (Å²) >= 11 is 5.41. The SMILES string of the molecule is CC1CCCC(N(C)S(=O)(=O)CCl)C1. The first kappa shape index (κ1) is 12.3. The molecule has 0 amide bonds. The molecule has 3 nitrogen and oxygen atoms in total. The fourth-order valence-electron chi connectivity index (χ4n) is 2.04. The maximum absolute atomic E-state index is 11.5. The van der Waals surface area contributed by atoms with E-state index in [9.17, 15) is 8.42 Å². The Morgan fingerprint density at radius 2 is 2.07 bits per heavy atom. The molecule has 0 radical (unpaired) electrons. The van der Waals surface area contributed by atoms with Gasteiger partial charge in [0.05, 0.1) is 0 Å². The zero-order valence-electron chi connectivity index (χ0n) is 8.74. The second-order valence-corrected chi connectivity index (χ2v) is 6.78. The molecule has 1 rings (SSSR count). The summed E-state index contributed by atoms with van der Waals surface area (Å²) < 4.78 is 24.5. The van der Waals surface area contributed by atoms with E-state index < -0.39 is 10.0 Å². The molecule has 0 saturated heterocycles. The second kappa shape index (κ2) is 4.81. The molecule has 2 unspecified atom stereocenters. The summed E-state index contributed by atoms with van der Waals surface area (Å²) in [4.78, 5) is 0. The first-order valence-corrected chi connectivity index (χ1v) is 7.13. The molecule has 1 fully saturated rings. The number of alkyl halides is 1. The van der Waals surface area contributed by atoms with Crippen LogP contribution in [0, 0.1) is 5.92 Å². The molecule has 14 heavy (non-hydrogen) atoms.